The molecule has 1 N–H and O–H groups in total. The third kappa shape index (κ3) is 3.08. The van der Waals surface area contributed by atoms with Gasteiger partial charge in [-0.15, -0.1) is 0 Å². The quantitative estimate of drug-likeness (QED) is 0.643. The Hall–Kier alpha value is -2.29. The standard InChI is InChI=1S/C14H13NO2/c1-11-4-2-5-12(10-11)15-8-7-13(16)14-6-3-9-17-14/h2-10,15H,1H3/b8-7-. The highest BCUT2D eigenvalue weighted by Crippen LogP contribution is 2.09. The van der Waals surface area contributed by atoms with Gasteiger partial charge in [0, 0.05) is 18.0 Å². The fraction of sp³-hybridized carbons (Fsp3) is 0.0714. The second kappa shape index (κ2) is 5.16. The van der Waals surface area contributed by atoms with Gasteiger partial charge in [0.1, 0.15) is 0 Å². The highest BCUT2D eigenvalue weighted by Gasteiger charge is 2.02. The first-order chi connectivity index (χ1) is 8.25. The minimum Gasteiger partial charge on any atom is -0.461 e. The van der Waals surface area contributed by atoms with Crippen LogP contribution in [0, 0.1) is 6.92 Å². The van der Waals surface area contributed by atoms with Crippen LogP contribution in [0.25, 0.3) is 0 Å². The number of anilines is 1. The Morgan fingerprint density at radius 3 is 2.88 bits per heavy atom. The molecule has 0 fully saturated rings. The molecule has 0 amide bonds. The van der Waals surface area contributed by atoms with Crippen LogP contribution in [0.4, 0.5) is 5.69 Å². The second-order valence-corrected chi connectivity index (χ2v) is 3.69. The average Bonchev–Trinajstić information content (AvgIpc) is 2.82. The lowest BCUT2D eigenvalue weighted by atomic mass is 10.2. The van der Waals surface area contributed by atoms with Crippen LogP contribution in [0.2, 0.25) is 0 Å². The van der Waals surface area contributed by atoms with Crippen molar-refractivity contribution in [2.24, 2.45) is 0 Å². The molecule has 0 atom stereocenters. The molecule has 0 aliphatic carbocycles. The SMILES string of the molecule is Cc1cccc(N/C=C\C(=O)c2ccco2)c1. The monoisotopic (exact) mass is 227 g/mol. The van der Waals surface area contributed by atoms with E-state index in [9.17, 15) is 4.79 Å². The molecule has 86 valence electrons. The lowest BCUT2D eigenvalue weighted by Crippen LogP contribution is -1.94. The van der Waals surface area contributed by atoms with Crippen LogP contribution >= 0.6 is 0 Å². The third-order valence-corrected chi connectivity index (χ3v) is 2.27. The van der Waals surface area contributed by atoms with Crippen molar-refractivity contribution < 1.29 is 9.21 Å². The summed E-state index contributed by atoms with van der Waals surface area (Å²) >= 11 is 0. The van der Waals surface area contributed by atoms with Crippen molar-refractivity contribution in [3.05, 3.63) is 66.3 Å². The lowest BCUT2D eigenvalue weighted by Gasteiger charge is -2.00. The molecule has 0 aliphatic heterocycles. The number of ketones is 1. The molecule has 17 heavy (non-hydrogen) atoms. The largest absolute Gasteiger partial charge is 0.461 e. The number of furan rings is 1. The number of nitrogens with one attached hydrogen (secondary N) is 1. The molecule has 0 spiro atoms. The summed E-state index contributed by atoms with van der Waals surface area (Å²) in [6.07, 6.45) is 4.54. The van der Waals surface area contributed by atoms with E-state index in [1.54, 1.807) is 18.3 Å². The number of hydrogen-bond donors (Lipinski definition) is 1. The van der Waals surface area contributed by atoms with E-state index in [-0.39, 0.29) is 5.78 Å². The van der Waals surface area contributed by atoms with Gasteiger partial charge in [-0.1, -0.05) is 12.1 Å². The molecule has 1 aromatic carbocycles. The van der Waals surface area contributed by atoms with E-state index in [2.05, 4.69) is 5.32 Å². The molecule has 3 heteroatoms. The van der Waals surface area contributed by atoms with Crippen molar-refractivity contribution in [2.75, 3.05) is 5.32 Å². The fourth-order valence-corrected chi connectivity index (χ4v) is 1.45. The molecule has 0 bridgehead atoms. The average molecular weight is 227 g/mol. The summed E-state index contributed by atoms with van der Waals surface area (Å²) < 4.78 is 4.99. The first kappa shape index (κ1) is 11.2. The van der Waals surface area contributed by atoms with E-state index >= 15 is 0 Å². The first-order valence-corrected chi connectivity index (χ1v) is 5.33. The fourth-order valence-electron chi connectivity index (χ4n) is 1.45. The molecular formula is C14H13NO2. The highest BCUT2D eigenvalue weighted by molar-refractivity contribution is 6.02. The summed E-state index contributed by atoms with van der Waals surface area (Å²) in [5.74, 6) is 0.183. The molecule has 3 nitrogen and oxygen atoms in total. The molecule has 2 rings (SSSR count). The van der Waals surface area contributed by atoms with E-state index < -0.39 is 0 Å². The van der Waals surface area contributed by atoms with E-state index in [1.807, 2.05) is 31.2 Å². The van der Waals surface area contributed by atoms with Gasteiger partial charge in [0.05, 0.1) is 6.26 Å². The molecule has 0 saturated carbocycles. The van der Waals surface area contributed by atoms with E-state index in [4.69, 9.17) is 4.42 Å². The highest BCUT2D eigenvalue weighted by atomic mass is 16.3. The Kier molecular flexibility index (Phi) is 3.40. The summed E-state index contributed by atoms with van der Waals surface area (Å²) in [4.78, 5) is 11.5. The van der Waals surface area contributed by atoms with Crippen molar-refractivity contribution in [3.63, 3.8) is 0 Å². The van der Waals surface area contributed by atoms with Crippen molar-refractivity contribution in [1.82, 2.24) is 0 Å². The molecule has 1 aromatic heterocycles. The molecule has 0 radical (unpaired) electrons. The number of aryl methyl sites for hydroxylation is 1. The number of hydrogen-bond acceptors (Lipinski definition) is 3. The number of rotatable bonds is 4. The Morgan fingerprint density at radius 1 is 1.29 bits per heavy atom. The predicted octanol–water partition coefficient (Wildman–Crippen LogP) is 3.40. The van der Waals surface area contributed by atoms with Gasteiger partial charge in [-0.05, 0) is 36.8 Å². The van der Waals surface area contributed by atoms with Gasteiger partial charge >= 0.3 is 0 Å². The van der Waals surface area contributed by atoms with Crippen LogP contribution in [-0.4, -0.2) is 5.78 Å². The smallest absolute Gasteiger partial charge is 0.222 e. The van der Waals surface area contributed by atoms with Gasteiger partial charge in [0.15, 0.2) is 5.76 Å². The maximum absolute atomic E-state index is 11.5. The molecule has 0 saturated heterocycles. The van der Waals surface area contributed by atoms with Gasteiger partial charge in [-0.3, -0.25) is 4.79 Å². The summed E-state index contributed by atoms with van der Waals surface area (Å²) in [6.45, 7) is 2.02. The zero-order valence-electron chi connectivity index (χ0n) is 9.51. The topological polar surface area (TPSA) is 42.2 Å². The summed E-state index contributed by atoms with van der Waals surface area (Å²) in [7, 11) is 0. The van der Waals surface area contributed by atoms with Crippen molar-refractivity contribution in [3.8, 4) is 0 Å². The molecule has 2 aromatic rings. The van der Waals surface area contributed by atoms with Crippen LogP contribution in [0.15, 0.2) is 59.4 Å². The molecular weight excluding hydrogens is 214 g/mol. The summed E-state index contributed by atoms with van der Waals surface area (Å²) in [5, 5.41) is 3.04. The van der Waals surface area contributed by atoms with Gasteiger partial charge in [-0.2, -0.15) is 0 Å². The molecule has 0 unspecified atom stereocenters. The number of benzene rings is 1. The normalized spacial score (nSPS) is 10.6. The first-order valence-electron chi connectivity index (χ1n) is 5.33. The van der Waals surface area contributed by atoms with Crippen molar-refractivity contribution in [1.29, 1.82) is 0 Å². The van der Waals surface area contributed by atoms with Gasteiger partial charge in [0.2, 0.25) is 5.78 Å². The third-order valence-electron chi connectivity index (χ3n) is 2.27. The van der Waals surface area contributed by atoms with Crippen LogP contribution in [0.5, 0.6) is 0 Å². The van der Waals surface area contributed by atoms with Crippen LogP contribution in [-0.2, 0) is 0 Å². The Balaban J connectivity index is 1.96. The summed E-state index contributed by atoms with van der Waals surface area (Å²) in [6, 6.07) is 11.2. The lowest BCUT2D eigenvalue weighted by molar-refractivity contribution is 0.102. The van der Waals surface area contributed by atoms with Crippen molar-refractivity contribution >= 4 is 11.5 Å². The molecule has 1 heterocycles. The maximum atomic E-state index is 11.5. The Labute approximate surface area is 99.8 Å². The van der Waals surface area contributed by atoms with E-state index in [1.165, 1.54) is 17.9 Å². The van der Waals surface area contributed by atoms with Crippen molar-refractivity contribution in [2.45, 2.75) is 6.92 Å². The number of carbonyl (C=O) groups excluding carboxylic acids is 1. The van der Waals surface area contributed by atoms with E-state index in [0.717, 1.165) is 5.69 Å². The Morgan fingerprint density at radius 2 is 2.18 bits per heavy atom. The van der Waals surface area contributed by atoms with Crippen LogP contribution in [0.3, 0.4) is 0 Å². The maximum Gasteiger partial charge on any atom is 0.222 e. The van der Waals surface area contributed by atoms with Gasteiger partial charge in [0.25, 0.3) is 0 Å². The zero-order chi connectivity index (χ0) is 12.1. The number of allylic oxidation sites excluding steroid dienone is 1. The molecule has 0 aliphatic rings. The van der Waals surface area contributed by atoms with Gasteiger partial charge in [-0.25, -0.2) is 0 Å². The number of carbonyl (C=O) groups is 1. The van der Waals surface area contributed by atoms with Gasteiger partial charge < -0.3 is 9.73 Å². The Bertz CT molecular complexity index is 527. The predicted molar refractivity (Wildman–Crippen MR) is 67.0 cm³/mol. The van der Waals surface area contributed by atoms with Crippen LogP contribution < -0.4 is 5.32 Å². The van der Waals surface area contributed by atoms with Crippen LogP contribution in [0.1, 0.15) is 16.1 Å². The zero-order valence-corrected chi connectivity index (χ0v) is 9.51. The minimum absolute atomic E-state index is 0.157. The minimum atomic E-state index is -0.157. The second-order valence-electron chi connectivity index (χ2n) is 3.69. The summed E-state index contributed by atoms with van der Waals surface area (Å²) in [5.41, 5.74) is 2.12. The van der Waals surface area contributed by atoms with E-state index in [0.29, 0.717) is 5.76 Å².